The molecule has 0 amide bonds. The number of aromatic amines is 2. The van der Waals surface area contributed by atoms with Crippen molar-refractivity contribution in [2.75, 3.05) is 0 Å². The second-order valence-corrected chi connectivity index (χ2v) is 8.16. The van der Waals surface area contributed by atoms with Gasteiger partial charge >= 0.3 is 5.69 Å². The number of imidazole rings is 1. The lowest BCUT2D eigenvalue weighted by Gasteiger charge is -2.04. The van der Waals surface area contributed by atoms with Crippen LogP contribution in [0, 0.1) is 0 Å². The van der Waals surface area contributed by atoms with Gasteiger partial charge in [0.25, 0.3) is 5.56 Å². The largest absolute Gasteiger partial charge is 0.330 e. The molecule has 0 aliphatic carbocycles. The van der Waals surface area contributed by atoms with Gasteiger partial charge in [0.1, 0.15) is 5.82 Å². The summed E-state index contributed by atoms with van der Waals surface area (Å²) in [7, 11) is 1.77. The van der Waals surface area contributed by atoms with Gasteiger partial charge in [-0.15, -0.1) is 5.10 Å². The second-order valence-electron chi connectivity index (χ2n) is 6.79. The Bertz CT molecular complexity index is 1300. The number of benzene rings is 1. The SMILES string of the molecule is CCCCn1c(=O)[nH]c(=O)c2c1nc(CSc1n[nH]c(-c3ccc(Cl)cc3)n1)n2C. The predicted octanol–water partition coefficient (Wildman–Crippen LogP) is 2.95. The number of unbranched alkanes of at least 4 members (excludes halogenated alkanes) is 1. The molecule has 2 N–H and O–H groups in total. The number of rotatable bonds is 7. The molecule has 4 aromatic rings. The van der Waals surface area contributed by atoms with Crippen molar-refractivity contribution >= 4 is 34.5 Å². The van der Waals surface area contributed by atoms with Gasteiger partial charge in [-0.05, 0) is 30.7 Å². The molecule has 4 rings (SSSR count). The van der Waals surface area contributed by atoms with Gasteiger partial charge in [-0.25, -0.2) is 14.8 Å². The van der Waals surface area contributed by atoms with Crippen LogP contribution in [-0.4, -0.2) is 34.3 Å². The van der Waals surface area contributed by atoms with Crippen LogP contribution in [0.25, 0.3) is 22.6 Å². The first-order chi connectivity index (χ1) is 14.5. The molecule has 11 heteroatoms. The van der Waals surface area contributed by atoms with Crippen molar-refractivity contribution in [3.8, 4) is 11.4 Å². The molecule has 0 atom stereocenters. The van der Waals surface area contributed by atoms with Crippen LogP contribution in [0.2, 0.25) is 5.02 Å². The summed E-state index contributed by atoms with van der Waals surface area (Å²) in [6, 6.07) is 7.32. The monoisotopic (exact) mass is 445 g/mol. The zero-order valence-corrected chi connectivity index (χ0v) is 18.0. The maximum Gasteiger partial charge on any atom is 0.330 e. The van der Waals surface area contributed by atoms with E-state index in [1.807, 2.05) is 19.1 Å². The average molecular weight is 446 g/mol. The summed E-state index contributed by atoms with van der Waals surface area (Å²) < 4.78 is 3.25. The van der Waals surface area contributed by atoms with Gasteiger partial charge in [0.15, 0.2) is 17.0 Å². The smallest absolute Gasteiger partial charge is 0.325 e. The summed E-state index contributed by atoms with van der Waals surface area (Å²) in [5.41, 5.74) is 0.815. The number of hydrogen-bond donors (Lipinski definition) is 2. The Morgan fingerprint density at radius 3 is 2.67 bits per heavy atom. The Labute approximate surface area is 180 Å². The number of thioether (sulfide) groups is 1. The number of H-pyrrole nitrogens is 2. The summed E-state index contributed by atoms with van der Waals surface area (Å²) in [5.74, 6) is 1.75. The molecule has 0 saturated carbocycles. The van der Waals surface area contributed by atoms with Crippen LogP contribution in [0.15, 0.2) is 39.0 Å². The highest BCUT2D eigenvalue weighted by Gasteiger charge is 2.17. The molecule has 0 spiro atoms. The van der Waals surface area contributed by atoms with Gasteiger partial charge in [0, 0.05) is 24.2 Å². The van der Waals surface area contributed by atoms with Crippen LogP contribution >= 0.6 is 23.4 Å². The Kier molecular flexibility index (Phi) is 5.78. The molecule has 0 radical (unpaired) electrons. The standard InChI is InChI=1S/C19H20ClN7O2S/c1-3-4-9-27-16-14(17(28)23-19(27)29)26(2)13(21-16)10-30-18-22-15(24-25-18)11-5-7-12(20)8-6-11/h5-8H,3-4,9-10H2,1-2H3,(H,22,24,25)(H,23,28,29). The zero-order chi connectivity index (χ0) is 21.3. The highest BCUT2D eigenvalue weighted by Crippen LogP contribution is 2.24. The molecule has 0 saturated heterocycles. The van der Waals surface area contributed by atoms with Crippen molar-refractivity contribution in [3.05, 3.63) is 56.0 Å². The van der Waals surface area contributed by atoms with E-state index in [-0.39, 0.29) is 0 Å². The number of fused-ring (bicyclic) bond motifs is 1. The molecule has 0 aliphatic heterocycles. The van der Waals surface area contributed by atoms with Crippen molar-refractivity contribution in [1.82, 2.24) is 34.3 Å². The number of nitrogens with one attached hydrogen (secondary N) is 2. The first-order valence-electron chi connectivity index (χ1n) is 9.47. The van der Waals surface area contributed by atoms with Crippen LogP contribution < -0.4 is 11.2 Å². The maximum absolute atomic E-state index is 12.3. The first kappa shape index (κ1) is 20.4. The quantitative estimate of drug-likeness (QED) is 0.423. The molecule has 3 heterocycles. The van der Waals surface area contributed by atoms with Crippen LogP contribution in [0.3, 0.4) is 0 Å². The molecule has 0 fully saturated rings. The van der Waals surface area contributed by atoms with Crippen molar-refractivity contribution in [1.29, 1.82) is 0 Å². The van der Waals surface area contributed by atoms with E-state index >= 15 is 0 Å². The molecule has 156 valence electrons. The van der Waals surface area contributed by atoms with Crippen LogP contribution in [0.4, 0.5) is 0 Å². The van der Waals surface area contributed by atoms with E-state index < -0.39 is 11.2 Å². The van der Waals surface area contributed by atoms with E-state index in [4.69, 9.17) is 11.6 Å². The third-order valence-electron chi connectivity index (χ3n) is 4.75. The molecule has 30 heavy (non-hydrogen) atoms. The highest BCUT2D eigenvalue weighted by molar-refractivity contribution is 7.98. The van der Waals surface area contributed by atoms with E-state index in [9.17, 15) is 9.59 Å². The van der Waals surface area contributed by atoms with Crippen molar-refractivity contribution in [2.45, 2.75) is 37.2 Å². The van der Waals surface area contributed by atoms with Gasteiger partial charge in [0.2, 0.25) is 5.16 Å². The minimum absolute atomic E-state index is 0.387. The Hall–Kier alpha value is -2.85. The Morgan fingerprint density at radius 1 is 1.17 bits per heavy atom. The van der Waals surface area contributed by atoms with Crippen molar-refractivity contribution in [2.24, 2.45) is 7.05 Å². The second kappa shape index (κ2) is 8.49. The summed E-state index contributed by atoms with van der Waals surface area (Å²) in [5, 5.41) is 8.37. The lowest BCUT2D eigenvalue weighted by atomic mass is 10.2. The van der Waals surface area contributed by atoms with Crippen LogP contribution in [0.5, 0.6) is 0 Å². The van der Waals surface area contributed by atoms with E-state index in [0.29, 0.717) is 45.3 Å². The van der Waals surface area contributed by atoms with E-state index in [1.54, 1.807) is 23.7 Å². The lowest BCUT2D eigenvalue weighted by Crippen LogP contribution is -2.31. The topological polar surface area (TPSA) is 114 Å². The number of hydrogen-bond acceptors (Lipinski definition) is 6. The number of aryl methyl sites for hydroxylation is 2. The Morgan fingerprint density at radius 2 is 1.93 bits per heavy atom. The summed E-state index contributed by atoms with van der Waals surface area (Å²) in [4.78, 5) is 36.0. The third-order valence-corrected chi connectivity index (χ3v) is 5.85. The lowest BCUT2D eigenvalue weighted by molar-refractivity contribution is 0.613. The van der Waals surface area contributed by atoms with Gasteiger partial charge < -0.3 is 4.57 Å². The van der Waals surface area contributed by atoms with Gasteiger partial charge in [0.05, 0.1) is 5.75 Å². The Balaban J connectivity index is 1.60. The van der Waals surface area contributed by atoms with Gasteiger partial charge in [-0.1, -0.05) is 36.7 Å². The van der Waals surface area contributed by atoms with E-state index in [2.05, 4.69) is 25.1 Å². The minimum Gasteiger partial charge on any atom is -0.325 e. The predicted molar refractivity (Wildman–Crippen MR) is 117 cm³/mol. The molecule has 0 unspecified atom stereocenters. The fraction of sp³-hybridized carbons (Fsp3) is 0.316. The van der Waals surface area contributed by atoms with Crippen molar-refractivity contribution < 1.29 is 0 Å². The highest BCUT2D eigenvalue weighted by atomic mass is 35.5. The zero-order valence-electron chi connectivity index (χ0n) is 16.5. The minimum atomic E-state index is -0.433. The van der Waals surface area contributed by atoms with Crippen LogP contribution in [-0.2, 0) is 19.3 Å². The van der Waals surface area contributed by atoms with Gasteiger partial charge in [-0.2, -0.15) is 0 Å². The summed E-state index contributed by atoms with van der Waals surface area (Å²) >= 11 is 7.32. The maximum atomic E-state index is 12.3. The summed E-state index contributed by atoms with van der Waals surface area (Å²) in [6.45, 7) is 2.56. The molecule has 0 aliphatic rings. The molecular formula is C19H20ClN7O2S. The fourth-order valence-corrected chi connectivity index (χ4v) is 4.03. The number of nitrogens with zero attached hydrogens (tertiary/aromatic N) is 5. The number of aromatic nitrogens is 7. The molecule has 1 aromatic carbocycles. The third kappa shape index (κ3) is 3.92. The number of halogens is 1. The van der Waals surface area contributed by atoms with E-state index in [0.717, 1.165) is 18.4 Å². The molecule has 3 aromatic heterocycles. The van der Waals surface area contributed by atoms with Crippen molar-refractivity contribution in [3.63, 3.8) is 0 Å². The summed E-state index contributed by atoms with van der Waals surface area (Å²) in [6.07, 6.45) is 1.76. The molecular weight excluding hydrogens is 426 g/mol. The molecule has 9 nitrogen and oxygen atoms in total. The van der Waals surface area contributed by atoms with Crippen LogP contribution in [0.1, 0.15) is 25.6 Å². The van der Waals surface area contributed by atoms with E-state index in [1.165, 1.54) is 16.3 Å². The molecule has 0 bridgehead atoms. The van der Waals surface area contributed by atoms with Gasteiger partial charge in [-0.3, -0.25) is 19.4 Å². The fourth-order valence-electron chi connectivity index (χ4n) is 3.12. The average Bonchev–Trinajstić information content (AvgIpc) is 3.32. The normalized spacial score (nSPS) is 11.4. The first-order valence-corrected chi connectivity index (χ1v) is 10.8.